The summed E-state index contributed by atoms with van der Waals surface area (Å²) in [5.74, 6) is -0.104. The molecule has 0 spiro atoms. The first-order valence-corrected chi connectivity index (χ1v) is 12.9. The Bertz CT molecular complexity index is 1100. The zero-order valence-corrected chi connectivity index (χ0v) is 19.7. The molecule has 19 heteroatoms. The summed E-state index contributed by atoms with van der Waals surface area (Å²) in [6, 6.07) is 1.23. The molecule has 16 nitrogen and oxygen atoms in total. The first-order chi connectivity index (χ1) is 16.2. The van der Waals surface area contributed by atoms with Crippen molar-refractivity contribution in [3.63, 3.8) is 0 Å². The highest BCUT2D eigenvalue weighted by Crippen LogP contribution is 2.61. The van der Waals surface area contributed by atoms with Crippen molar-refractivity contribution in [1.82, 2.24) is 9.55 Å². The second kappa shape index (κ2) is 10.8. The van der Waals surface area contributed by atoms with Crippen molar-refractivity contribution in [2.75, 3.05) is 12.3 Å². The Morgan fingerprint density at radius 2 is 1.94 bits per heavy atom. The monoisotopic (exact) mass is 547 g/mol. The average Bonchev–Trinajstić information content (AvgIpc) is 3.02. The fourth-order valence-electron chi connectivity index (χ4n) is 3.30. The normalized spacial score (nSPS) is 36.1. The summed E-state index contributed by atoms with van der Waals surface area (Å²) in [4.78, 5) is 35.0. The van der Waals surface area contributed by atoms with Gasteiger partial charge in [-0.3, -0.25) is 13.6 Å². The standard InChI is InChI=1S/C16H24FN3O13P2/c1-7-8(5-17)4-9(21)15(30-7)32-35(27,28)33-34(25,26)29-6-10-12(22)13(23)14(31-10)20-3-2-11(18)19-16(20)24/h2-3,5,7,9-10,12-15,21-23H,4,6H2,1H3,(H,25,26)(H,27,28)(H2,18,19,24)/b8-5-/t7-,9-,10-,12-,13-,14-,15-/m1/s1. The van der Waals surface area contributed by atoms with E-state index in [0.717, 1.165) is 10.8 Å². The van der Waals surface area contributed by atoms with Crippen LogP contribution in [0, 0.1) is 0 Å². The minimum Gasteiger partial charge on any atom is -0.387 e. The Balaban J connectivity index is 1.59. The zero-order valence-electron chi connectivity index (χ0n) is 17.9. The molecule has 0 saturated carbocycles. The lowest BCUT2D eigenvalue weighted by molar-refractivity contribution is -0.185. The van der Waals surface area contributed by atoms with E-state index in [1.165, 1.54) is 13.0 Å². The van der Waals surface area contributed by atoms with Gasteiger partial charge in [-0.05, 0) is 18.6 Å². The maximum atomic E-state index is 12.7. The number of halogens is 1. The van der Waals surface area contributed by atoms with Gasteiger partial charge in [-0.1, -0.05) is 0 Å². The van der Waals surface area contributed by atoms with Crippen molar-refractivity contribution in [3.05, 3.63) is 34.7 Å². The molecule has 0 aromatic carbocycles. The molecule has 1 aromatic rings. The predicted octanol–water partition coefficient (Wildman–Crippen LogP) is -0.956. The van der Waals surface area contributed by atoms with Crippen LogP contribution in [-0.4, -0.2) is 78.1 Å². The number of hydrogen-bond acceptors (Lipinski definition) is 13. The van der Waals surface area contributed by atoms with E-state index in [2.05, 4.69) is 18.3 Å². The summed E-state index contributed by atoms with van der Waals surface area (Å²) < 4.78 is 61.5. The quantitative estimate of drug-likeness (QED) is 0.215. The van der Waals surface area contributed by atoms with E-state index in [-0.39, 0.29) is 24.1 Å². The molecule has 0 aliphatic carbocycles. The summed E-state index contributed by atoms with van der Waals surface area (Å²) in [6.45, 7) is 0.434. The third-order valence-electron chi connectivity index (χ3n) is 5.07. The second-order valence-electron chi connectivity index (χ2n) is 7.61. The molecule has 0 bridgehead atoms. The van der Waals surface area contributed by atoms with Crippen molar-refractivity contribution in [1.29, 1.82) is 0 Å². The van der Waals surface area contributed by atoms with Gasteiger partial charge < -0.3 is 40.3 Å². The molecule has 3 rings (SSSR count). The molecule has 198 valence electrons. The number of nitrogens with two attached hydrogens (primary N) is 1. The summed E-state index contributed by atoms with van der Waals surface area (Å²) in [5.41, 5.74) is 4.53. The Hall–Kier alpha value is -1.59. The molecule has 35 heavy (non-hydrogen) atoms. The largest absolute Gasteiger partial charge is 0.483 e. The highest BCUT2D eigenvalue weighted by atomic mass is 31.3. The summed E-state index contributed by atoms with van der Waals surface area (Å²) in [5, 5.41) is 30.2. The molecule has 3 heterocycles. The van der Waals surface area contributed by atoms with Crippen LogP contribution < -0.4 is 11.4 Å². The fraction of sp³-hybridized carbons (Fsp3) is 0.625. The second-order valence-corrected chi connectivity index (χ2v) is 10.6. The van der Waals surface area contributed by atoms with Crippen LogP contribution in [0.1, 0.15) is 19.6 Å². The van der Waals surface area contributed by atoms with Crippen LogP contribution in [0.5, 0.6) is 0 Å². The van der Waals surface area contributed by atoms with Crippen LogP contribution in [0.15, 0.2) is 29.0 Å². The van der Waals surface area contributed by atoms with Gasteiger partial charge in [0.25, 0.3) is 0 Å². The number of ether oxygens (including phenoxy) is 2. The first kappa shape index (κ1) is 28.0. The summed E-state index contributed by atoms with van der Waals surface area (Å²) >= 11 is 0. The lowest BCUT2D eigenvalue weighted by atomic mass is 10.0. The topological polar surface area (TPSA) is 242 Å². The molecule has 2 aliphatic heterocycles. The Labute approximate surface area is 196 Å². The van der Waals surface area contributed by atoms with E-state index in [1.807, 2.05) is 0 Å². The number of aliphatic hydroxyl groups excluding tert-OH is 3. The molecule has 9 atom stereocenters. The smallest absolute Gasteiger partial charge is 0.387 e. The van der Waals surface area contributed by atoms with Gasteiger partial charge in [0.05, 0.1) is 19.0 Å². The molecule has 1 aromatic heterocycles. The van der Waals surface area contributed by atoms with Crippen LogP contribution in [-0.2, 0) is 32.0 Å². The minimum atomic E-state index is -5.39. The van der Waals surface area contributed by atoms with E-state index in [9.17, 15) is 43.4 Å². The summed E-state index contributed by atoms with van der Waals surface area (Å²) in [6.07, 6.45) is -9.63. The fourth-order valence-corrected chi connectivity index (χ4v) is 5.47. The number of rotatable bonds is 8. The maximum Gasteiger partial charge on any atom is 0.483 e. The van der Waals surface area contributed by atoms with Crippen molar-refractivity contribution in [3.8, 4) is 0 Å². The van der Waals surface area contributed by atoms with E-state index in [4.69, 9.17) is 15.2 Å². The van der Waals surface area contributed by atoms with Gasteiger partial charge in [0.1, 0.15) is 30.2 Å². The molecule has 0 radical (unpaired) electrons. The van der Waals surface area contributed by atoms with Gasteiger partial charge in [-0.15, -0.1) is 0 Å². The number of phosphoric ester groups is 2. The van der Waals surface area contributed by atoms with Crippen LogP contribution in [0.4, 0.5) is 10.2 Å². The number of aromatic nitrogens is 2. The molecule has 2 fully saturated rings. The van der Waals surface area contributed by atoms with Gasteiger partial charge in [0.2, 0.25) is 0 Å². The van der Waals surface area contributed by atoms with Crippen molar-refractivity contribution < 1.29 is 61.5 Å². The van der Waals surface area contributed by atoms with Gasteiger partial charge >= 0.3 is 21.3 Å². The number of hydrogen-bond donors (Lipinski definition) is 6. The predicted molar refractivity (Wildman–Crippen MR) is 111 cm³/mol. The molecule has 2 aliphatic rings. The highest BCUT2D eigenvalue weighted by molar-refractivity contribution is 7.61. The Morgan fingerprint density at radius 3 is 2.57 bits per heavy atom. The van der Waals surface area contributed by atoms with Crippen LogP contribution >= 0.6 is 15.6 Å². The van der Waals surface area contributed by atoms with Crippen LogP contribution in [0.25, 0.3) is 0 Å². The highest BCUT2D eigenvalue weighted by Gasteiger charge is 2.47. The van der Waals surface area contributed by atoms with Crippen LogP contribution in [0.2, 0.25) is 0 Å². The van der Waals surface area contributed by atoms with Gasteiger partial charge in [-0.2, -0.15) is 9.29 Å². The van der Waals surface area contributed by atoms with E-state index in [1.54, 1.807) is 0 Å². The van der Waals surface area contributed by atoms with Gasteiger partial charge in [-0.25, -0.2) is 18.3 Å². The lowest BCUT2D eigenvalue weighted by Gasteiger charge is -2.33. The third kappa shape index (κ3) is 6.80. The van der Waals surface area contributed by atoms with Gasteiger partial charge in [0.15, 0.2) is 12.5 Å². The minimum absolute atomic E-state index is 0.0508. The number of anilines is 1. The molecule has 2 saturated heterocycles. The lowest BCUT2D eigenvalue weighted by Crippen LogP contribution is -2.40. The SMILES string of the molecule is C[C@H]1O[C@H](OP(=O)(O)OP(=O)(O)OC[C@H]2O[C@@H](n3ccc(N)nc3=O)[C@H](O)[C@@H]2O)[C@H](O)C/C1=C/F. The van der Waals surface area contributed by atoms with E-state index in [0.29, 0.717) is 0 Å². The average molecular weight is 547 g/mol. The summed E-state index contributed by atoms with van der Waals surface area (Å²) in [7, 11) is -10.7. The molecule has 7 N–H and O–H groups in total. The number of nitrogens with zero attached hydrogens (tertiary/aromatic N) is 2. The zero-order chi connectivity index (χ0) is 26.1. The number of nitrogen functional groups attached to an aromatic ring is 1. The van der Waals surface area contributed by atoms with Crippen molar-refractivity contribution >= 4 is 21.5 Å². The van der Waals surface area contributed by atoms with E-state index >= 15 is 0 Å². The Kier molecular flexibility index (Phi) is 8.64. The maximum absolute atomic E-state index is 12.7. The number of aliphatic hydroxyl groups is 3. The first-order valence-electron chi connectivity index (χ1n) is 9.92. The van der Waals surface area contributed by atoms with Crippen molar-refractivity contribution in [2.24, 2.45) is 0 Å². The van der Waals surface area contributed by atoms with Crippen LogP contribution in [0.3, 0.4) is 0 Å². The molecule has 0 amide bonds. The molecular weight excluding hydrogens is 523 g/mol. The number of phosphoric acid groups is 2. The van der Waals surface area contributed by atoms with Gasteiger partial charge in [0, 0.05) is 12.6 Å². The molecule has 2 unspecified atom stereocenters. The molecular formula is C16H24FN3O13P2. The van der Waals surface area contributed by atoms with E-state index < -0.39 is 71.0 Å². The van der Waals surface area contributed by atoms with Crippen molar-refractivity contribution in [2.45, 2.75) is 56.4 Å². The third-order valence-corrected chi connectivity index (χ3v) is 7.67. The Morgan fingerprint density at radius 1 is 1.26 bits per heavy atom.